The zero-order valence-corrected chi connectivity index (χ0v) is 12.5. The van der Waals surface area contributed by atoms with E-state index in [1.807, 2.05) is 0 Å². The fraction of sp³-hybridized carbons (Fsp3) is 0.118. The van der Waals surface area contributed by atoms with Crippen LogP contribution in [0.25, 0.3) is 11.0 Å². The van der Waals surface area contributed by atoms with Gasteiger partial charge in [-0.25, -0.2) is 4.79 Å². The normalized spacial score (nSPS) is 11.6. The molecule has 0 aliphatic rings. The maximum Gasteiger partial charge on any atom is 0.573 e. The van der Waals surface area contributed by atoms with Gasteiger partial charge >= 0.3 is 12.0 Å². The Morgan fingerprint density at radius 2 is 1.72 bits per heavy atom. The van der Waals surface area contributed by atoms with Crippen LogP contribution in [-0.2, 0) is 6.42 Å². The summed E-state index contributed by atoms with van der Waals surface area (Å²) in [6.07, 6.45) is -4.56. The lowest BCUT2D eigenvalue weighted by Crippen LogP contribution is -2.17. The molecule has 0 aliphatic carbocycles. The van der Waals surface area contributed by atoms with Crippen molar-refractivity contribution in [2.45, 2.75) is 12.8 Å². The summed E-state index contributed by atoms with van der Waals surface area (Å²) in [5.74, 6) is -1.33. The number of ether oxygens (including phenoxy) is 1. The van der Waals surface area contributed by atoms with E-state index in [0.717, 1.165) is 0 Å². The molecule has 0 fully saturated rings. The van der Waals surface area contributed by atoms with Crippen molar-refractivity contribution < 1.29 is 32.5 Å². The van der Waals surface area contributed by atoms with Gasteiger partial charge in [-0.1, -0.05) is 12.1 Å². The Hall–Kier alpha value is -3.16. The maximum atomic E-state index is 12.2. The molecular weight excluding hydrogens is 341 g/mol. The van der Waals surface area contributed by atoms with Gasteiger partial charge in [-0.3, -0.25) is 0 Å². The minimum Gasteiger partial charge on any atom is -0.504 e. The molecule has 0 saturated heterocycles. The zero-order chi connectivity index (χ0) is 18.2. The third-order valence-corrected chi connectivity index (χ3v) is 3.50. The number of hydrogen-bond donors (Lipinski definition) is 2. The first-order valence-corrected chi connectivity index (χ1v) is 7.05. The van der Waals surface area contributed by atoms with E-state index in [9.17, 15) is 28.2 Å². The van der Waals surface area contributed by atoms with Crippen molar-refractivity contribution in [2.24, 2.45) is 0 Å². The monoisotopic (exact) mass is 352 g/mol. The van der Waals surface area contributed by atoms with Crippen LogP contribution >= 0.6 is 0 Å². The van der Waals surface area contributed by atoms with Crippen LogP contribution in [-0.4, -0.2) is 16.6 Å². The predicted molar refractivity (Wildman–Crippen MR) is 81.7 cm³/mol. The summed E-state index contributed by atoms with van der Waals surface area (Å²) in [4.78, 5) is 11.7. The fourth-order valence-electron chi connectivity index (χ4n) is 2.44. The molecule has 0 spiro atoms. The van der Waals surface area contributed by atoms with Gasteiger partial charge in [0.2, 0.25) is 5.75 Å². The molecule has 0 amide bonds. The molecule has 25 heavy (non-hydrogen) atoms. The van der Waals surface area contributed by atoms with Gasteiger partial charge in [0.1, 0.15) is 5.75 Å². The van der Waals surface area contributed by atoms with Crippen LogP contribution < -0.4 is 10.4 Å². The molecule has 0 unspecified atom stereocenters. The van der Waals surface area contributed by atoms with E-state index >= 15 is 0 Å². The van der Waals surface area contributed by atoms with E-state index in [0.29, 0.717) is 16.5 Å². The number of phenolic OH excluding ortho intramolecular Hbond substituents is 2. The van der Waals surface area contributed by atoms with Crippen LogP contribution in [0.1, 0.15) is 11.1 Å². The van der Waals surface area contributed by atoms with Gasteiger partial charge in [0, 0.05) is 11.5 Å². The average Bonchev–Trinajstić information content (AvgIpc) is 2.52. The summed E-state index contributed by atoms with van der Waals surface area (Å²) in [5.41, 5.74) is 0.236. The quantitative estimate of drug-likeness (QED) is 0.555. The average molecular weight is 352 g/mol. The van der Waals surface area contributed by atoms with Crippen molar-refractivity contribution in [3.05, 3.63) is 64.0 Å². The molecular formula is C17H11F3O5. The van der Waals surface area contributed by atoms with Gasteiger partial charge in [-0.15, -0.1) is 13.2 Å². The molecule has 0 atom stereocenters. The van der Waals surface area contributed by atoms with Crippen molar-refractivity contribution >= 4 is 11.0 Å². The van der Waals surface area contributed by atoms with Crippen molar-refractivity contribution in [2.75, 3.05) is 0 Å². The van der Waals surface area contributed by atoms with E-state index in [4.69, 9.17) is 4.42 Å². The van der Waals surface area contributed by atoms with Crippen molar-refractivity contribution in [3.8, 4) is 17.2 Å². The second-order valence-electron chi connectivity index (χ2n) is 5.27. The number of phenols is 2. The lowest BCUT2D eigenvalue weighted by molar-refractivity contribution is -0.274. The van der Waals surface area contributed by atoms with Gasteiger partial charge < -0.3 is 19.4 Å². The number of hydrogen-bond acceptors (Lipinski definition) is 5. The van der Waals surface area contributed by atoms with Gasteiger partial charge in [0.25, 0.3) is 0 Å². The van der Waals surface area contributed by atoms with E-state index in [1.54, 1.807) is 0 Å². The summed E-state index contributed by atoms with van der Waals surface area (Å²) < 4.78 is 45.2. The first kappa shape index (κ1) is 16.7. The topological polar surface area (TPSA) is 79.9 Å². The molecule has 130 valence electrons. The molecule has 1 aromatic heterocycles. The molecule has 0 bridgehead atoms. The number of alkyl halides is 3. The highest BCUT2D eigenvalue weighted by molar-refractivity contribution is 5.87. The lowest BCUT2D eigenvalue weighted by Gasteiger charge is -2.10. The molecule has 1 heterocycles. The van der Waals surface area contributed by atoms with Crippen LogP contribution in [0, 0.1) is 0 Å². The smallest absolute Gasteiger partial charge is 0.504 e. The first-order valence-electron chi connectivity index (χ1n) is 7.05. The Bertz CT molecular complexity index is 974. The van der Waals surface area contributed by atoms with Crippen LogP contribution in [0.4, 0.5) is 13.2 Å². The van der Waals surface area contributed by atoms with E-state index in [-0.39, 0.29) is 17.8 Å². The zero-order valence-electron chi connectivity index (χ0n) is 12.5. The highest BCUT2D eigenvalue weighted by atomic mass is 19.4. The Balaban J connectivity index is 1.96. The van der Waals surface area contributed by atoms with Gasteiger partial charge in [-0.05, 0) is 41.8 Å². The van der Waals surface area contributed by atoms with Crippen LogP contribution in [0.2, 0.25) is 0 Å². The van der Waals surface area contributed by atoms with Gasteiger partial charge in [0.05, 0.1) is 0 Å². The Morgan fingerprint density at radius 1 is 1.04 bits per heavy atom. The van der Waals surface area contributed by atoms with Crippen molar-refractivity contribution in [3.63, 3.8) is 0 Å². The second kappa shape index (κ2) is 6.04. The first-order chi connectivity index (χ1) is 11.7. The minimum atomic E-state index is -4.77. The minimum absolute atomic E-state index is 0.153. The predicted octanol–water partition coefficient (Wildman–Crippen LogP) is 3.69. The second-order valence-corrected chi connectivity index (χ2v) is 5.27. The van der Waals surface area contributed by atoms with Crippen LogP contribution in [0.3, 0.4) is 0 Å². The number of rotatable bonds is 3. The highest BCUT2D eigenvalue weighted by Crippen LogP contribution is 2.34. The molecule has 0 aliphatic heterocycles. The molecule has 2 aromatic carbocycles. The van der Waals surface area contributed by atoms with Crippen LogP contribution in [0.15, 0.2) is 51.7 Å². The van der Waals surface area contributed by atoms with E-state index in [1.165, 1.54) is 42.5 Å². The molecule has 3 rings (SSSR count). The third-order valence-electron chi connectivity index (χ3n) is 3.50. The fourth-order valence-corrected chi connectivity index (χ4v) is 2.44. The van der Waals surface area contributed by atoms with Crippen LogP contribution in [0.5, 0.6) is 17.2 Å². The molecule has 2 N–H and O–H groups in total. The van der Waals surface area contributed by atoms with E-state index < -0.39 is 23.5 Å². The van der Waals surface area contributed by atoms with Crippen molar-refractivity contribution in [1.82, 2.24) is 0 Å². The third kappa shape index (κ3) is 3.68. The summed E-state index contributed by atoms with van der Waals surface area (Å²) >= 11 is 0. The molecule has 5 nitrogen and oxygen atoms in total. The standard InChI is InChI=1S/C17H11F3O5/c18-17(19,20)25-11-3-1-9(2-4-11)7-10-8-14(22)24-16-12(10)5-6-13(21)15(16)23/h1-6,8,21,23H,7H2. The summed E-state index contributed by atoms with van der Waals surface area (Å²) in [6, 6.07) is 9.15. The number of halogens is 3. The Labute approximate surface area is 138 Å². The Morgan fingerprint density at radius 3 is 2.36 bits per heavy atom. The Kier molecular flexibility index (Phi) is 4.03. The number of fused-ring (bicyclic) bond motifs is 1. The van der Waals surface area contributed by atoms with E-state index in [2.05, 4.69) is 4.74 Å². The molecule has 8 heteroatoms. The lowest BCUT2D eigenvalue weighted by atomic mass is 10.0. The van der Waals surface area contributed by atoms with Gasteiger partial charge in [-0.2, -0.15) is 0 Å². The number of aromatic hydroxyl groups is 2. The maximum absolute atomic E-state index is 12.2. The summed E-state index contributed by atoms with van der Waals surface area (Å²) in [6.45, 7) is 0. The highest BCUT2D eigenvalue weighted by Gasteiger charge is 2.30. The molecule has 0 radical (unpaired) electrons. The van der Waals surface area contributed by atoms with Gasteiger partial charge in [0.15, 0.2) is 11.3 Å². The summed E-state index contributed by atoms with van der Waals surface area (Å²) in [5, 5.41) is 19.7. The summed E-state index contributed by atoms with van der Waals surface area (Å²) in [7, 11) is 0. The molecule has 3 aromatic rings. The molecule has 0 saturated carbocycles. The van der Waals surface area contributed by atoms with Crippen molar-refractivity contribution in [1.29, 1.82) is 0 Å². The largest absolute Gasteiger partial charge is 0.573 e. The number of benzene rings is 2. The SMILES string of the molecule is O=c1cc(Cc2ccc(OC(F)(F)F)cc2)c2ccc(O)c(O)c2o1.